The molecule has 3 N–H and O–H groups in total. The molecule has 3 rings (SSSR count). The van der Waals surface area contributed by atoms with Crippen LogP contribution in [0.25, 0.3) is 10.1 Å². The Hall–Kier alpha value is -2.89. The van der Waals surface area contributed by atoms with Crippen molar-refractivity contribution in [2.75, 3.05) is 18.2 Å². The Morgan fingerprint density at radius 1 is 1.31 bits per heavy atom. The molecule has 0 aliphatic heterocycles. The highest BCUT2D eigenvalue weighted by molar-refractivity contribution is 7.20. The summed E-state index contributed by atoms with van der Waals surface area (Å²) >= 11 is 2.58. The van der Waals surface area contributed by atoms with Gasteiger partial charge in [-0.05, 0) is 18.4 Å². The smallest absolute Gasteiger partial charge is 0.328 e. The first-order chi connectivity index (χ1) is 13.9. The molecule has 0 aliphatic carbocycles. The lowest BCUT2D eigenvalue weighted by Crippen LogP contribution is -2.32. The number of hydrogen-bond acceptors (Lipinski definition) is 8. The fourth-order valence-electron chi connectivity index (χ4n) is 3.09. The summed E-state index contributed by atoms with van der Waals surface area (Å²) in [6.07, 6.45) is 0.522. The molecule has 0 saturated heterocycles. The second-order valence-electron chi connectivity index (χ2n) is 6.99. The van der Waals surface area contributed by atoms with Gasteiger partial charge >= 0.3 is 5.97 Å². The zero-order valence-corrected chi connectivity index (χ0v) is 17.9. The summed E-state index contributed by atoms with van der Waals surface area (Å²) in [5.74, 6) is -0.424. The first-order valence-electron chi connectivity index (χ1n) is 9.05. The zero-order chi connectivity index (χ0) is 21.1. The van der Waals surface area contributed by atoms with Crippen LogP contribution in [0.3, 0.4) is 0 Å². The molecule has 0 radical (unpaired) electrons. The van der Waals surface area contributed by atoms with Gasteiger partial charge in [0.05, 0.1) is 12.8 Å². The number of esters is 1. The van der Waals surface area contributed by atoms with E-state index in [0.717, 1.165) is 21.4 Å². The van der Waals surface area contributed by atoms with E-state index in [0.29, 0.717) is 21.9 Å². The van der Waals surface area contributed by atoms with Gasteiger partial charge in [-0.2, -0.15) is 5.26 Å². The van der Waals surface area contributed by atoms with E-state index in [1.165, 1.54) is 18.4 Å². The summed E-state index contributed by atoms with van der Waals surface area (Å²) in [6, 6.07) is 9.07. The van der Waals surface area contributed by atoms with Gasteiger partial charge < -0.3 is 15.8 Å². The molecule has 2 heterocycles. The lowest BCUT2D eigenvalue weighted by Gasteiger charge is -2.18. The van der Waals surface area contributed by atoms with Gasteiger partial charge in [-0.15, -0.1) is 22.7 Å². The fourth-order valence-corrected chi connectivity index (χ4v) is 5.11. The van der Waals surface area contributed by atoms with Crippen LogP contribution in [0.1, 0.15) is 41.1 Å². The van der Waals surface area contributed by atoms with Crippen LogP contribution in [0.15, 0.2) is 29.6 Å². The molecule has 29 heavy (non-hydrogen) atoms. The average Bonchev–Trinajstić information content (AvgIpc) is 3.27. The molecule has 0 spiro atoms. The number of benzene rings is 1. The fraction of sp³-hybridized carbons (Fsp3) is 0.286. The Morgan fingerprint density at radius 3 is 2.69 bits per heavy atom. The summed E-state index contributed by atoms with van der Waals surface area (Å²) in [5.41, 5.74) is 7.03. The van der Waals surface area contributed by atoms with Crippen LogP contribution >= 0.6 is 22.7 Å². The normalized spacial score (nSPS) is 12.0. The molecule has 150 valence electrons. The minimum absolute atomic E-state index is 0.133. The molecule has 0 aliphatic rings. The predicted octanol–water partition coefficient (Wildman–Crippen LogP) is 4.65. The van der Waals surface area contributed by atoms with Crippen molar-refractivity contribution < 1.29 is 14.3 Å². The largest absolute Gasteiger partial charge is 0.467 e. The van der Waals surface area contributed by atoms with Crippen molar-refractivity contribution in [1.82, 2.24) is 0 Å². The number of ketones is 1. The summed E-state index contributed by atoms with van der Waals surface area (Å²) in [4.78, 5) is 25.6. The predicted molar refractivity (Wildman–Crippen MR) is 118 cm³/mol. The number of nitrogens with two attached hydrogens (primary N) is 1. The Morgan fingerprint density at radius 2 is 2.03 bits per heavy atom. The maximum absolute atomic E-state index is 13.2. The van der Waals surface area contributed by atoms with Crippen LogP contribution in [0, 0.1) is 17.2 Å². The highest BCUT2D eigenvalue weighted by Crippen LogP contribution is 2.39. The molecule has 8 heteroatoms. The van der Waals surface area contributed by atoms with Gasteiger partial charge in [-0.3, -0.25) is 4.79 Å². The van der Waals surface area contributed by atoms with Crippen molar-refractivity contribution in [3.8, 4) is 6.07 Å². The van der Waals surface area contributed by atoms with E-state index in [9.17, 15) is 14.9 Å². The number of rotatable bonds is 7. The van der Waals surface area contributed by atoms with Crippen LogP contribution in [0.4, 0.5) is 10.7 Å². The lowest BCUT2D eigenvalue weighted by atomic mass is 10.0. The molecule has 0 bridgehead atoms. The van der Waals surface area contributed by atoms with Crippen LogP contribution < -0.4 is 11.1 Å². The van der Waals surface area contributed by atoms with E-state index in [1.54, 1.807) is 5.38 Å². The molecule has 0 fully saturated rings. The second-order valence-corrected chi connectivity index (χ2v) is 8.92. The Kier molecular flexibility index (Phi) is 6.20. The van der Waals surface area contributed by atoms with Crippen molar-refractivity contribution in [3.63, 3.8) is 0 Å². The monoisotopic (exact) mass is 427 g/mol. The number of anilines is 2. The zero-order valence-electron chi connectivity index (χ0n) is 16.3. The van der Waals surface area contributed by atoms with Gasteiger partial charge in [0.1, 0.15) is 27.6 Å². The molecule has 1 aromatic carbocycles. The maximum atomic E-state index is 13.2. The van der Waals surface area contributed by atoms with Crippen LogP contribution in [0.2, 0.25) is 0 Å². The van der Waals surface area contributed by atoms with Gasteiger partial charge in [-0.25, -0.2) is 4.79 Å². The van der Waals surface area contributed by atoms with Crippen molar-refractivity contribution in [1.29, 1.82) is 5.26 Å². The van der Waals surface area contributed by atoms with Gasteiger partial charge in [0.15, 0.2) is 0 Å². The first-order valence-corrected chi connectivity index (χ1v) is 10.7. The van der Waals surface area contributed by atoms with E-state index in [-0.39, 0.29) is 23.0 Å². The minimum atomic E-state index is -0.630. The maximum Gasteiger partial charge on any atom is 0.328 e. The number of thiophene rings is 2. The number of carbonyl (C=O) groups is 2. The lowest BCUT2D eigenvalue weighted by molar-refractivity contribution is -0.141. The molecule has 0 saturated carbocycles. The number of nitrogens with one attached hydrogen (secondary N) is 1. The first kappa shape index (κ1) is 20.8. The Balaban J connectivity index is 2.00. The number of nitrogen functional groups attached to an aromatic ring is 1. The third-order valence-corrected chi connectivity index (χ3v) is 6.59. The summed E-state index contributed by atoms with van der Waals surface area (Å²) in [5, 5.41) is 15.7. The number of methoxy groups -OCH3 is 1. The third-order valence-electron chi connectivity index (χ3n) is 4.49. The van der Waals surface area contributed by atoms with Gasteiger partial charge in [0, 0.05) is 21.0 Å². The number of nitrogens with zero attached hydrogens (tertiary/aromatic N) is 1. The molecule has 1 atom stereocenters. The van der Waals surface area contributed by atoms with E-state index in [2.05, 4.69) is 11.4 Å². The molecule has 2 aromatic heterocycles. The Bertz CT molecular complexity index is 1110. The standard InChI is InChI=1S/C21H21N3O3S2/c1-11(2)8-15(21(26)27-3)24-20-13(9-22)17(23)19(29-20)18(25)14-10-28-16-7-5-4-6-12(14)16/h4-7,10-11,15,24H,8,23H2,1-3H3. The number of ether oxygens (including phenoxy) is 1. The van der Waals surface area contributed by atoms with Gasteiger partial charge in [0.2, 0.25) is 5.78 Å². The minimum Gasteiger partial charge on any atom is -0.467 e. The van der Waals surface area contributed by atoms with E-state index < -0.39 is 12.0 Å². The molecule has 1 unspecified atom stereocenters. The molecular weight excluding hydrogens is 406 g/mol. The number of fused-ring (bicyclic) bond motifs is 1. The Labute approximate surface area is 176 Å². The van der Waals surface area contributed by atoms with Gasteiger partial charge in [0.25, 0.3) is 0 Å². The van der Waals surface area contributed by atoms with Crippen molar-refractivity contribution in [2.45, 2.75) is 26.3 Å². The second kappa shape index (κ2) is 8.64. The topological polar surface area (TPSA) is 105 Å². The molecule has 3 aromatic rings. The third kappa shape index (κ3) is 4.11. The SMILES string of the molecule is COC(=O)C(CC(C)C)Nc1sc(C(=O)c2csc3ccccc23)c(N)c1C#N. The summed E-state index contributed by atoms with van der Waals surface area (Å²) < 4.78 is 5.88. The average molecular weight is 428 g/mol. The van der Waals surface area contributed by atoms with Crippen LogP contribution in [-0.4, -0.2) is 24.9 Å². The van der Waals surface area contributed by atoms with Crippen LogP contribution in [-0.2, 0) is 9.53 Å². The molecular formula is C21H21N3O3S2. The summed E-state index contributed by atoms with van der Waals surface area (Å²) in [6.45, 7) is 3.98. The number of carbonyl (C=O) groups excluding carboxylic acids is 2. The van der Waals surface area contributed by atoms with E-state index in [4.69, 9.17) is 10.5 Å². The summed E-state index contributed by atoms with van der Waals surface area (Å²) in [7, 11) is 1.32. The van der Waals surface area contributed by atoms with Crippen molar-refractivity contribution in [3.05, 3.63) is 45.6 Å². The van der Waals surface area contributed by atoms with E-state index in [1.807, 2.05) is 38.1 Å². The quantitative estimate of drug-likeness (QED) is 0.420. The number of hydrogen-bond donors (Lipinski definition) is 2. The van der Waals surface area contributed by atoms with Crippen molar-refractivity contribution >= 4 is 55.2 Å². The highest BCUT2D eigenvalue weighted by atomic mass is 32.1. The highest BCUT2D eigenvalue weighted by Gasteiger charge is 2.27. The van der Waals surface area contributed by atoms with Crippen LogP contribution in [0.5, 0.6) is 0 Å². The number of nitriles is 1. The van der Waals surface area contributed by atoms with E-state index >= 15 is 0 Å². The van der Waals surface area contributed by atoms with Gasteiger partial charge in [-0.1, -0.05) is 32.0 Å². The van der Waals surface area contributed by atoms with Crippen molar-refractivity contribution in [2.24, 2.45) is 5.92 Å². The molecule has 0 amide bonds. The molecule has 6 nitrogen and oxygen atoms in total.